The minimum atomic E-state index is -0.441. The number of nitrogens with zero attached hydrogens (tertiary/aromatic N) is 1. The molecule has 1 aromatic rings. The van der Waals surface area contributed by atoms with Crippen LogP contribution in [-0.2, 0) is 12.8 Å². The number of fused-ring (bicyclic) bond motifs is 1. The number of anilines is 1. The molecule has 0 aromatic carbocycles. The fraction of sp³-hybridized carbons (Fsp3) is 0.625. The molecule has 21 heavy (non-hydrogen) atoms. The Morgan fingerprint density at radius 1 is 1.48 bits per heavy atom. The zero-order chi connectivity index (χ0) is 15.6. The van der Waals surface area contributed by atoms with Gasteiger partial charge in [0.1, 0.15) is 5.82 Å². The van der Waals surface area contributed by atoms with Crippen LogP contribution in [0.4, 0.5) is 5.82 Å². The van der Waals surface area contributed by atoms with E-state index in [4.69, 9.17) is 11.5 Å². The molecule has 0 saturated carbocycles. The average Bonchev–Trinajstić information content (AvgIpc) is 2.83. The molecular formula is C16H26N4O. The largest absolute Gasteiger partial charge is 0.365 e. The second-order valence-electron chi connectivity index (χ2n) is 6.70. The van der Waals surface area contributed by atoms with Crippen LogP contribution in [0.3, 0.4) is 0 Å². The molecular weight excluding hydrogens is 264 g/mol. The number of carbonyl (C=O) groups excluding carboxylic acids is 1. The number of hydrogen-bond donors (Lipinski definition) is 3. The first-order valence-electron chi connectivity index (χ1n) is 7.65. The van der Waals surface area contributed by atoms with E-state index in [0.29, 0.717) is 23.8 Å². The maximum atomic E-state index is 11.7. The zero-order valence-electron chi connectivity index (χ0n) is 13.2. The number of carbonyl (C=O) groups is 1. The van der Waals surface area contributed by atoms with Crippen molar-refractivity contribution in [2.75, 3.05) is 11.9 Å². The van der Waals surface area contributed by atoms with Crippen LogP contribution < -0.4 is 16.8 Å². The van der Waals surface area contributed by atoms with E-state index >= 15 is 0 Å². The Morgan fingerprint density at radius 3 is 2.76 bits per heavy atom. The summed E-state index contributed by atoms with van der Waals surface area (Å²) in [6.45, 7) is 6.84. The van der Waals surface area contributed by atoms with E-state index in [1.165, 1.54) is 0 Å². The van der Waals surface area contributed by atoms with Crippen molar-refractivity contribution in [1.82, 2.24) is 4.98 Å². The summed E-state index contributed by atoms with van der Waals surface area (Å²) in [6, 6.07) is 1.90. The van der Waals surface area contributed by atoms with E-state index in [1.807, 2.05) is 6.07 Å². The van der Waals surface area contributed by atoms with Gasteiger partial charge in [-0.15, -0.1) is 0 Å². The van der Waals surface area contributed by atoms with Crippen LogP contribution in [0.5, 0.6) is 0 Å². The number of primary amides is 1. The van der Waals surface area contributed by atoms with Crippen LogP contribution >= 0.6 is 0 Å². The summed E-state index contributed by atoms with van der Waals surface area (Å²) in [7, 11) is 0. The molecule has 1 unspecified atom stereocenters. The Morgan fingerprint density at radius 2 is 2.19 bits per heavy atom. The number of rotatable bonds is 6. The van der Waals surface area contributed by atoms with Gasteiger partial charge < -0.3 is 16.8 Å². The lowest BCUT2D eigenvalue weighted by Crippen LogP contribution is -2.44. The Kier molecular flexibility index (Phi) is 4.52. The third-order valence-corrected chi connectivity index (χ3v) is 4.05. The Balaban J connectivity index is 2.36. The van der Waals surface area contributed by atoms with Crippen LogP contribution in [0, 0.1) is 5.92 Å². The number of nitrogens with one attached hydrogen (secondary N) is 1. The highest BCUT2D eigenvalue weighted by molar-refractivity contribution is 5.98. The number of nitrogens with two attached hydrogens (primary N) is 2. The summed E-state index contributed by atoms with van der Waals surface area (Å²) in [5.41, 5.74) is 13.9. The molecule has 1 aliphatic carbocycles. The van der Waals surface area contributed by atoms with Crippen LogP contribution in [0.2, 0.25) is 0 Å². The summed E-state index contributed by atoms with van der Waals surface area (Å²) in [4.78, 5) is 16.4. The predicted octanol–water partition coefficient (Wildman–Crippen LogP) is 1.84. The van der Waals surface area contributed by atoms with E-state index in [2.05, 4.69) is 31.1 Å². The molecule has 1 aliphatic rings. The van der Waals surface area contributed by atoms with Crippen molar-refractivity contribution < 1.29 is 4.79 Å². The summed E-state index contributed by atoms with van der Waals surface area (Å²) in [5.74, 6) is 0.637. The fourth-order valence-corrected chi connectivity index (χ4v) is 3.13. The van der Waals surface area contributed by atoms with E-state index < -0.39 is 5.91 Å². The number of hydrogen-bond acceptors (Lipinski definition) is 4. The van der Waals surface area contributed by atoms with E-state index in [0.717, 1.165) is 36.9 Å². The SMILES string of the molecule is CC(C)CC(C)(CN)Nc1nc2c(cc1C(N)=O)CCC2. The fourth-order valence-electron chi connectivity index (χ4n) is 3.13. The number of amides is 1. The Hall–Kier alpha value is -1.62. The lowest BCUT2D eigenvalue weighted by molar-refractivity contribution is 0.100. The van der Waals surface area contributed by atoms with Crippen molar-refractivity contribution >= 4 is 11.7 Å². The summed E-state index contributed by atoms with van der Waals surface area (Å²) < 4.78 is 0. The molecule has 1 amide bonds. The number of aromatic nitrogens is 1. The highest BCUT2D eigenvalue weighted by Crippen LogP contribution is 2.28. The molecule has 0 saturated heterocycles. The maximum Gasteiger partial charge on any atom is 0.252 e. The molecule has 5 heteroatoms. The van der Waals surface area contributed by atoms with Crippen LogP contribution in [0.15, 0.2) is 6.07 Å². The third kappa shape index (κ3) is 3.53. The number of pyridine rings is 1. The standard InChI is InChI=1S/C16H26N4O/c1-10(2)8-16(3,9-17)20-15-12(14(18)21)7-11-5-4-6-13(11)19-15/h7,10H,4-6,8-9,17H2,1-3H3,(H2,18,21)(H,19,20). The van der Waals surface area contributed by atoms with Crippen molar-refractivity contribution in [3.05, 3.63) is 22.9 Å². The van der Waals surface area contributed by atoms with Crippen molar-refractivity contribution in [3.8, 4) is 0 Å². The van der Waals surface area contributed by atoms with Gasteiger partial charge in [0.05, 0.1) is 5.56 Å². The maximum absolute atomic E-state index is 11.7. The van der Waals surface area contributed by atoms with Gasteiger partial charge in [0.2, 0.25) is 0 Å². The quantitative estimate of drug-likeness (QED) is 0.745. The molecule has 5 nitrogen and oxygen atoms in total. The van der Waals surface area contributed by atoms with E-state index in [1.54, 1.807) is 0 Å². The van der Waals surface area contributed by atoms with Crippen molar-refractivity contribution in [1.29, 1.82) is 0 Å². The molecule has 1 aromatic heterocycles. The lowest BCUT2D eigenvalue weighted by Gasteiger charge is -2.32. The summed E-state index contributed by atoms with van der Waals surface area (Å²) in [5, 5.41) is 3.38. The minimum Gasteiger partial charge on any atom is -0.365 e. The topological polar surface area (TPSA) is 94.0 Å². The Bertz CT molecular complexity index is 541. The molecule has 2 rings (SSSR count). The second kappa shape index (κ2) is 6.02. The van der Waals surface area contributed by atoms with Gasteiger partial charge in [0.25, 0.3) is 5.91 Å². The van der Waals surface area contributed by atoms with Gasteiger partial charge in [0, 0.05) is 17.8 Å². The van der Waals surface area contributed by atoms with Gasteiger partial charge >= 0.3 is 0 Å². The normalized spacial score (nSPS) is 16.6. The first-order valence-corrected chi connectivity index (χ1v) is 7.65. The van der Waals surface area contributed by atoms with Gasteiger partial charge in [-0.2, -0.15) is 0 Å². The van der Waals surface area contributed by atoms with E-state index in [9.17, 15) is 4.79 Å². The molecule has 1 heterocycles. The molecule has 116 valence electrons. The molecule has 0 radical (unpaired) electrons. The molecule has 0 spiro atoms. The van der Waals surface area contributed by atoms with Crippen LogP contribution in [-0.4, -0.2) is 23.0 Å². The van der Waals surface area contributed by atoms with Gasteiger partial charge in [-0.25, -0.2) is 4.98 Å². The van der Waals surface area contributed by atoms with Crippen LogP contribution in [0.1, 0.15) is 55.2 Å². The molecule has 5 N–H and O–H groups in total. The first kappa shape index (κ1) is 15.8. The third-order valence-electron chi connectivity index (χ3n) is 4.05. The average molecular weight is 290 g/mol. The summed E-state index contributed by atoms with van der Waals surface area (Å²) >= 11 is 0. The van der Waals surface area contributed by atoms with Crippen molar-refractivity contribution in [2.45, 2.75) is 52.0 Å². The van der Waals surface area contributed by atoms with Gasteiger partial charge in [-0.3, -0.25) is 4.79 Å². The molecule has 0 aliphatic heterocycles. The summed E-state index contributed by atoms with van der Waals surface area (Å²) in [6.07, 6.45) is 3.93. The van der Waals surface area contributed by atoms with Gasteiger partial charge in [-0.05, 0) is 50.2 Å². The van der Waals surface area contributed by atoms with Crippen molar-refractivity contribution in [3.63, 3.8) is 0 Å². The molecule has 0 bridgehead atoms. The molecule has 1 atom stereocenters. The first-order chi connectivity index (χ1) is 9.84. The highest BCUT2D eigenvalue weighted by atomic mass is 16.1. The molecule has 0 fully saturated rings. The van der Waals surface area contributed by atoms with Crippen molar-refractivity contribution in [2.24, 2.45) is 17.4 Å². The second-order valence-corrected chi connectivity index (χ2v) is 6.70. The number of aryl methyl sites for hydroxylation is 2. The predicted molar refractivity (Wildman–Crippen MR) is 85.3 cm³/mol. The monoisotopic (exact) mass is 290 g/mol. The van der Waals surface area contributed by atoms with Gasteiger partial charge in [-0.1, -0.05) is 13.8 Å². The smallest absolute Gasteiger partial charge is 0.252 e. The lowest BCUT2D eigenvalue weighted by atomic mass is 9.90. The van der Waals surface area contributed by atoms with Crippen LogP contribution in [0.25, 0.3) is 0 Å². The minimum absolute atomic E-state index is 0.293. The zero-order valence-corrected chi connectivity index (χ0v) is 13.2. The van der Waals surface area contributed by atoms with Gasteiger partial charge in [0.15, 0.2) is 0 Å². The van der Waals surface area contributed by atoms with E-state index in [-0.39, 0.29) is 5.54 Å². The Labute approximate surface area is 126 Å². The highest BCUT2D eigenvalue weighted by Gasteiger charge is 2.27.